The number of aliphatic hydroxyl groups excluding tert-OH is 1. The summed E-state index contributed by atoms with van der Waals surface area (Å²) in [5.74, 6) is 0.213. The zero-order valence-corrected chi connectivity index (χ0v) is 9.82. The van der Waals surface area contributed by atoms with Crippen LogP contribution in [-0.2, 0) is 4.79 Å². The molecule has 3 heteroatoms. The first-order valence-corrected chi connectivity index (χ1v) is 6.39. The van der Waals surface area contributed by atoms with E-state index < -0.39 is 0 Å². The SMILES string of the molecule is O=C(CC1=CCCCC1)N1CCCC1CO. The molecule has 0 spiro atoms. The van der Waals surface area contributed by atoms with Crippen LogP contribution in [0.5, 0.6) is 0 Å². The lowest BCUT2D eigenvalue weighted by Gasteiger charge is -2.24. The van der Waals surface area contributed by atoms with Crippen molar-refractivity contribution >= 4 is 5.91 Å². The number of hydrogen-bond acceptors (Lipinski definition) is 2. The van der Waals surface area contributed by atoms with Crippen LogP contribution in [0.4, 0.5) is 0 Å². The fraction of sp³-hybridized carbons (Fsp3) is 0.769. The van der Waals surface area contributed by atoms with Gasteiger partial charge in [0.05, 0.1) is 12.6 Å². The Bertz CT molecular complexity index is 286. The predicted octanol–water partition coefficient (Wildman–Crippen LogP) is 1.86. The van der Waals surface area contributed by atoms with Gasteiger partial charge in [0.15, 0.2) is 0 Å². The Balaban J connectivity index is 1.89. The number of rotatable bonds is 3. The van der Waals surface area contributed by atoms with Gasteiger partial charge in [0.25, 0.3) is 0 Å². The van der Waals surface area contributed by atoms with E-state index in [1.165, 1.54) is 18.4 Å². The predicted molar refractivity (Wildman–Crippen MR) is 63.0 cm³/mol. The lowest BCUT2D eigenvalue weighted by atomic mass is 9.97. The molecule has 1 aliphatic carbocycles. The van der Waals surface area contributed by atoms with Crippen molar-refractivity contribution in [2.45, 2.75) is 51.0 Å². The summed E-state index contributed by atoms with van der Waals surface area (Å²) in [7, 11) is 0. The van der Waals surface area contributed by atoms with Crippen LogP contribution in [-0.4, -0.2) is 35.1 Å². The van der Waals surface area contributed by atoms with E-state index in [1.54, 1.807) is 0 Å². The number of nitrogens with zero attached hydrogens (tertiary/aromatic N) is 1. The van der Waals surface area contributed by atoms with Crippen LogP contribution >= 0.6 is 0 Å². The Hall–Kier alpha value is -0.830. The highest BCUT2D eigenvalue weighted by molar-refractivity contribution is 5.79. The molecule has 16 heavy (non-hydrogen) atoms. The molecular formula is C13H21NO2. The fourth-order valence-corrected chi connectivity index (χ4v) is 2.71. The molecule has 1 saturated heterocycles. The second-order valence-corrected chi connectivity index (χ2v) is 4.85. The van der Waals surface area contributed by atoms with Gasteiger partial charge in [-0.3, -0.25) is 4.79 Å². The lowest BCUT2D eigenvalue weighted by Crippen LogP contribution is -2.37. The number of allylic oxidation sites excluding steroid dienone is 1. The molecule has 0 radical (unpaired) electrons. The quantitative estimate of drug-likeness (QED) is 0.742. The molecule has 0 aromatic carbocycles. The van der Waals surface area contributed by atoms with Gasteiger partial charge < -0.3 is 10.0 Å². The van der Waals surface area contributed by atoms with Crippen LogP contribution in [0.3, 0.4) is 0 Å². The summed E-state index contributed by atoms with van der Waals surface area (Å²) >= 11 is 0. The molecule has 1 aliphatic heterocycles. The molecule has 2 rings (SSSR count). The molecule has 0 bridgehead atoms. The maximum absolute atomic E-state index is 12.1. The smallest absolute Gasteiger partial charge is 0.226 e. The van der Waals surface area contributed by atoms with Gasteiger partial charge in [0.2, 0.25) is 5.91 Å². The Morgan fingerprint density at radius 2 is 2.31 bits per heavy atom. The van der Waals surface area contributed by atoms with E-state index in [0.29, 0.717) is 6.42 Å². The first-order valence-electron chi connectivity index (χ1n) is 6.39. The minimum absolute atomic E-state index is 0.0803. The van der Waals surface area contributed by atoms with Crippen molar-refractivity contribution in [1.82, 2.24) is 4.90 Å². The molecule has 90 valence electrons. The molecule has 0 aromatic heterocycles. The maximum atomic E-state index is 12.1. The Kier molecular flexibility index (Phi) is 3.99. The monoisotopic (exact) mass is 223 g/mol. The van der Waals surface area contributed by atoms with Crippen molar-refractivity contribution in [3.8, 4) is 0 Å². The third kappa shape index (κ3) is 2.64. The summed E-state index contributed by atoms with van der Waals surface area (Å²) in [4.78, 5) is 13.9. The van der Waals surface area contributed by atoms with E-state index >= 15 is 0 Å². The summed E-state index contributed by atoms with van der Waals surface area (Å²) in [6.45, 7) is 0.947. The van der Waals surface area contributed by atoms with Crippen LogP contribution in [0.1, 0.15) is 44.9 Å². The van der Waals surface area contributed by atoms with E-state index in [1.807, 2.05) is 4.90 Å². The highest BCUT2D eigenvalue weighted by Crippen LogP contribution is 2.23. The standard InChI is InChI=1S/C13H21NO2/c15-10-12-7-4-8-14(12)13(16)9-11-5-2-1-3-6-11/h5,12,15H,1-4,6-10H2. The van der Waals surface area contributed by atoms with E-state index in [-0.39, 0.29) is 18.6 Å². The van der Waals surface area contributed by atoms with Gasteiger partial charge in [0, 0.05) is 13.0 Å². The minimum atomic E-state index is 0.0803. The van der Waals surface area contributed by atoms with Crippen LogP contribution in [0, 0.1) is 0 Å². The van der Waals surface area contributed by atoms with E-state index in [4.69, 9.17) is 0 Å². The number of likely N-dealkylation sites (tertiary alicyclic amines) is 1. The Morgan fingerprint density at radius 1 is 1.44 bits per heavy atom. The third-order valence-electron chi connectivity index (χ3n) is 3.67. The highest BCUT2D eigenvalue weighted by atomic mass is 16.3. The van der Waals surface area contributed by atoms with Crippen LogP contribution in [0.25, 0.3) is 0 Å². The first kappa shape index (κ1) is 11.6. The summed E-state index contributed by atoms with van der Waals surface area (Å²) in [6.07, 6.45) is 9.51. The van der Waals surface area contributed by atoms with Gasteiger partial charge in [-0.1, -0.05) is 11.6 Å². The molecule has 3 nitrogen and oxygen atoms in total. The molecule has 2 aliphatic rings. The highest BCUT2D eigenvalue weighted by Gasteiger charge is 2.28. The molecular weight excluding hydrogens is 202 g/mol. The van der Waals surface area contributed by atoms with Gasteiger partial charge in [-0.15, -0.1) is 0 Å². The number of hydrogen-bond donors (Lipinski definition) is 1. The largest absolute Gasteiger partial charge is 0.394 e. The number of carbonyl (C=O) groups excluding carboxylic acids is 1. The van der Waals surface area contributed by atoms with Crippen LogP contribution in [0.2, 0.25) is 0 Å². The summed E-state index contributed by atoms with van der Waals surface area (Å²) in [5.41, 5.74) is 1.31. The zero-order valence-electron chi connectivity index (χ0n) is 9.82. The molecule has 1 unspecified atom stereocenters. The molecule has 1 amide bonds. The van der Waals surface area contributed by atoms with Gasteiger partial charge in [-0.25, -0.2) is 0 Å². The summed E-state index contributed by atoms with van der Waals surface area (Å²) in [6, 6.07) is 0.0803. The van der Waals surface area contributed by atoms with Gasteiger partial charge in [0.1, 0.15) is 0 Å². The van der Waals surface area contributed by atoms with Gasteiger partial charge in [-0.2, -0.15) is 0 Å². The molecule has 1 fully saturated rings. The molecule has 0 saturated carbocycles. The lowest BCUT2D eigenvalue weighted by molar-refractivity contribution is -0.132. The van der Waals surface area contributed by atoms with Crippen molar-refractivity contribution in [3.05, 3.63) is 11.6 Å². The minimum Gasteiger partial charge on any atom is -0.394 e. The fourth-order valence-electron chi connectivity index (χ4n) is 2.71. The van der Waals surface area contributed by atoms with Crippen molar-refractivity contribution in [3.63, 3.8) is 0 Å². The normalized spacial score (nSPS) is 25.7. The topological polar surface area (TPSA) is 40.5 Å². The third-order valence-corrected chi connectivity index (χ3v) is 3.67. The van der Waals surface area contributed by atoms with Crippen molar-refractivity contribution in [2.75, 3.05) is 13.2 Å². The van der Waals surface area contributed by atoms with E-state index in [9.17, 15) is 9.90 Å². The molecule has 1 heterocycles. The summed E-state index contributed by atoms with van der Waals surface area (Å²) in [5, 5.41) is 9.18. The Labute approximate surface area is 97.1 Å². The molecule has 1 atom stereocenters. The van der Waals surface area contributed by atoms with Crippen molar-refractivity contribution in [1.29, 1.82) is 0 Å². The number of amides is 1. The molecule has 1 N–H and O–H groups in total. The second-order valence-electron chi connectivity index (χ2n) is 4.85. The average Bonchev–Trinajstić information content (AvgIpc) is 2.78. The van der Waals surface area contributed by atoms with Gasteiger partial charge in [-0.05, 0) is 38.5 Å². The van der Waals surface area contributed by atoms with Crippen molar-refractivity contribution < 1.29 is 9.90 Å². The number of aliphatic hydroxyl groups is 1. The van der Waals surface area contributed by atoms with E-state index in [0.717, 1.165) is 32.2 Å². The van der Waals surface area contributed by atoms with E-state index in [2.05, 4.69) is 6.08 Å². The van der Waals surface area contributed by atoms with Crippen LogP contribution < -0.4 is 0 Å². The second kappa shape index (κ2) is 5.48. The molecule has 0 aromatic rings. The van der Waals surface area contributed by atoms with Crippen LogP contribution in [0.15, 0.2) is 11.6 Å². The Morgan fingerprint density at radius 3 is 3.00 bits per heavy atom. The van der Waals surface area contributed by atoms with Gasteiger partial charge >= 0.3 is 0 Å². The first-order chi connectivity index (χ1) is 7.81. The average molecular weight is 223 g/mol. The summed E-state index contributed by atoms with van der Waals surface area (Å²) < 4.78 is 0. The number of carbonyl (C=O) groups is 1. The van der Waals surface area contributed by atoms with Crippen molar-refractivity contribution in [2.24, 2.45) is 0 Å². The zero-order chi connectivity index (χ0) is 11.4. The maximum Gasteiger partial charge on any atom is 0.226 e.